The van der Waals surface area contributed by atoms with Crippen LogP contribution in [0, 0.1) is 17.8 Å². The average Bonchev–Trinajstić information content (AvgIpc) is 3.25. The van der Waals surface area contributed by atoms with Gasteiger partial charge in [0.05, 0.1) is 11.5 Å². The first-order chi connectivity index (χ1) is 12.4. The maximum absolute atomic E-state index is 12.4. The standard InChI is InChI=1S/C20H20O6/c1-10(2)18(21)24-9-11-3-5-12(6-4-11)19(22)25-16-13-7-14-15(8-13)20(23)26-17(14)16/h3-6,13-17H,1,7-9H2,2H3. The van der Waals surface area contributed by atoms with Gasteiger partial charge in [0.15, 0.2) is 0 Å². The fourth-order valence-electron chi connectivity index (χ4n) is 4.27. The Labute approximate surface area is 151 Å². The second-order valence-electron chi connectivity index (χ2n) is 7.33. The molecule has 0 aromatic heterocycles. The van der Waals surface area contributed by atoms with Gasteiger partial charge in [-0.3, -0.25) is 4.79 Å². The molecule has 2 aliphatic carbocycles. The summed E-state index contributed by atoms with van der Waals surface area (Å²) in [6.45, 7) is 5.23. The highest BCUT2D eigenvalue weighted by Gasteiger charge is 2.63. The molecule has 1 aliphatic heterocycles. The first-order valence-corrected chi connectivity index (χ1v) is 8.77. The number of rotatable bonds is 5. The Morgan fingerprint density at radius 1 is 1.23 bits per heavy atom. The molecule has 3 fully saturated rings. The number of esters is 3. The quantitative estimate of drug-likeness (QED) is 0.458. The van der Waals surface area contributed by atoms with Gasteiger partial charge in [0.2, 0.25) is 0 Å². The number of benzene rings is 1. The maximum Gasteiger partial charge on any atom is 0.338 e. The number of fused-ring (bicyclic) bond motifs is 1. The first kappa shape index (κ1) is 16.8. The molecule has 4 rings (SSSR count). The van der Waals surface area contributed by atoms with Crippen molar-refractivity contribution in [1.29, 1.82) is 0 Å². The topological polar surface area (TPSA) is 78.9 Å². The number of ether oxygens (including phenoxy) is 3. The van der Waals surface area contributed by atoms with Crippen molar-refractivity contribution >= 4 is 17.9 Å². The van der Waals surface area contributed by atoms with E-state index in [0.717, 1.165) is 18.4 Å². The lowest BCUT2D eigenvalue weighted by molar-refractivity contribution is -0.146. The van der Waals surface area contributed by atoms with E-state index in [2.05, 4.69) is 6.58 Å². The molecule has 3 aliphatic rings. The summed E-state index contributed by atoms with van der Waals surface area (Å²) in [6, 6.07) is 6.72. The minimum Gasteiger partial charge on any atom is -0.458 e. The van der Waals surface area contributed by atoms with Crippen molar-refractivity contribution < 1.29 is 28.6 Å². The van der Waals surface area contributed by atoms with E-state index in [4.69, 9.17) is 14.2 Å². The molecule has 1 aromatic carbocycles. The van der Waals surface area contributed by atoms with E-state index in [1.807, 2.05) is 0 Å². The first-order valence-electron chi connectivity index (χ1n) is 8.77. The largest absolute Gasteiger partial charge is 0.458 e. The van der Waals surface area contributed by atoms with Crippen LogP contribution in [-0.2, 0) is 30.4 Å². The van der Waals surface area contributed by atoms with Crippen molar-refractivity contribution in [2.24, 2.45) is 17.8 Å². The zero-order valence-electron chi connectivity index (χ0n) is 14.5. The van der Waals surface area contributed by atoms with Gasteiger partial charge in [-0.05, 0) is 37.5 Å². The molecule has 0 spiro atoms. The van der Waals surface area contributed by atoms with Gasteiger partial charge in [-0.15, -0.1) is 0 Å². The van der Waals surface area contributed by atoms with E-state index in [1.54, 1.807) is 31.2 Å². The molecule has 5 atom stereocenters. The molecule has 136 valence electrons. The summed E-state index contributed by atoms with van der Waals surface area (Å²) in [7, 11) is 0. The molecule has 6 nitrogen and oxygen atoms in total. The van der Waals surface area contributed by atoms with Crippen LogP contribution in [0.5, 0.6) is 0 Å². The van der Waals surface area contributed by atoms with Gasteiger partial charge < -0.3 is 14.2 Å². The second kappa shape index (κ2) is 6.27. The average molecular weight is 356 g/mol. The molecule has 2 saturated carbocycles. The Hall–Kier alpha value is -2.63. The molecule has 5 unspecified atom stereocenters. The Morgan fingerprint density at radius 2 is 1.96 bits per heavy atom. The van der Waals surface area contributed by atoms with Crippen LogP contribution in [0.2, 0.25) is 0 Å². The Kier molecular flexibility index (Phi) is 4.05. The van der Waals surface area contributed by atoms with Crippen LogP contribution in [-0.4, -0.2) is 30.1 Å². The van der Waals surface area contributed by atoms with E-state index in [0.29, 0.717) is 11.1 Å². The molecular weight excluding hydrogens is 336 g/mol. The highest BCUT2D eigenvalue weighted by atomic mass is 16.6. The third-order valence-corrected chi connectivity index (χ3v) is 5.56. The lowest BCUT2D eigenvalue weighted by Crippen LogP contribution is -2.36. The molecule has 6 heteroatoms. The lowest BCUT2D eigenvalue weighted by Gasteiger charge is -2.25. The van der Waals surface area contributed by atoms with Gasteiger partial charge in [0.25, 0.3) is 0 Å². The molecule has 0 amide bonds. The second-order valence-corrected chi connectivity index (χ2v) is 7.33. The normalized spacial score (nSPS) is 30.8. The fraction of sp³-hybridized carbons (Fsp3) is 0.450. The van der Waals surface area contributed by atoms with Gasteiger partial charge in [0, 0.05) is 17.4 Å². The van der Waals surface area contributed by atoms with Crippen LogP contribution < -0.4 is 0 Å². The molecule has 1 aromatic rings. The summed E-state index contributed by atoms with van der Waals surface area (Å²) >= 11 is 0. The third kappa shape index (κ3) is 2.79. The molecule has 0 N–H and O–H groups in total. The van der Waals surface area contributed by atoms with Crippen LogP contribution in [0.3, 0.4) is 0 Å². The van der Waals surface area contributed by atoms with Crippen LogP contribution in [0.1, 0.15) is 35.7 Å². The third-order valence-electron chi connectivity index (χ3n) is 5.56. The Morgan fingerprint density at radius 3 is 2.65 bits per heavy atom. The predicted octanol–water partition coefficient (Wildman–Crippen LogP) is 2.41. The van der Waals surface area contributed by atoms with Gasteiger partial charge in [-0.25, -0.2) is 9.59 Å². The van der Waals surface area contributed by atoms with Crippen LogP contribution in [0.25, 0.3) is 0 Å². The van der Waals surface area contributed by atoms with Gasteiger partial charge in [-0.2, -0.15) is 0 Å². The number of hydrogen-bond donors (Lipinski definition) is 0. The van der Waals surface area contributed by atoms with Crippen molar-refractivity contribution in [3.63, 3.8) is 0 Å². The Balaban J connectivity index is 1.36. The minimum atomic E-state index is -0.450. The van der Waals surface area contributed by atoms with Crippen molar-refractivity contribution in [3.05, 3.63) is 47.5 Å². The number of hydrogen-bond acceptors (Lipinski definition) is 6. The van der Waals surface area contributed by atoms with E-state index in [-0.39, 0.29) is 42.5 Å². The molecule has 0 radical (unpaired) electrons. The van der Waals surface area contributed by atoms with Crippen molar-refractivity contribution in [2.75, 3.05) is 0 Å². The summed E-state index contributed by atoms with van der Waals surface area (Å²) in [5.74, 6) is -0.598. The van der Waals surface area contributed by atoms with E-state index in [1.165, 1.54) is 0 Å². The molecule has 1 saturated heterocycles. The predicted molar refractivity (Wildman–Crippen MR) is 89.8 cm³/mol. The molecule has 2 bridgehead atoms. The molecule has 26 heavy (non-hydrogen) atoms. The fourth-order valence-corrected chi connectivity index (χ4v) is 4.27. The van der Waals surface area contributed by atoms with Crippen molar-refractivity contribution in [3.8, 4) is 0 Å². The van der Waals surface area contributed by atoms with Crippen molar-refractivity contribution in [2.45, 2.75) is 38.6 Å². The lowest BCUT2D eigenvalue weighted by atomic mass is 9.88. The minimum absolute atomic E-state index is 0.00106. The summed E-state index contributed by atoms with van der Waals surface area (Å²) in [6.07, 6.45) is 1.03. The smallest absolute Gasteiger partial charge is 0.338 e. The van der Waals surface area contributed by atoms with E-state index in [9.17, 15) is 14.4 Å². The van der Waals surface area contributed by atoms with Crippen LogP contribution >= 0.6 is 0 Å². The highest BCUT2D eigenvalue weighted by molar-refractivity contribution is 5.90. The number of carbonyl (C=O) groups is 3. The SMILES string of the molecule is C=C(C)C(=O)OCc1ccc(C(=O)OC2C3CC4C(=O)OC2C4C3)cc1. The zero-order chi connectivity index (χ0) is 18.4. The summed E-state index contributed by atoms with van der Waals surface area (Å²) < 4.78 is 16.1. The van der Waals surface area contributed by atoms with Gasteiger partial charge >= 0.3 is 17.9 Å². The maximum atomic E-state index is 12.4. The van der Waals surface area contributed by atoms with Gasteiger partial charge in [-0.1, -0.05) is 18.7 Å². The summed E-state index contributed by atoms with van der Waals surface area (Å²) in [5.41, 5.74) is 1.53. The highest BCUT2D eigenvalue weighted by Crippen LogP contribution is 2.55. The van der Waals surface area contributed by atoms with E-state index < -0.39 is 11.9 Å². The number of carbonyl (C=O) groups excluding carboxylic acids is 3. The van der Waals surface area contributed by atoms with Gasteiger partial charge in [0.1, 0.15) is 18.8 Å². The monoisotopic (exact) mass is 356 g/mol. The molecule has 1 heterocycles. The zero-order valence-corrected chi connectivity index (χ0v) is 14.5. The summed E-state index contributed by atoms with van der Waals surface area (Å²) in [5, 5.41) is 0. The summed E-state index contributed by atoms with van der Waals surface area (Å²) in [4.78, 5) is 35.6. The Bertz CT molecular complexity index is 780. The van der Waals surface area contributed by atoms with Crippen molar-refractivity contribution in [1.82, 2.24) is 0 Å². The molecular formula is C20H20O6. The van der Waals surface area contributed by atoms with Crippen LogP contribution in [0.4, 0.5) is 0 Å². The van der Waals surface area contributed by atoms with E-state index >= 15 is 0 Å². The van der Waals surface area contributed by atoms with Crippen LogP contribution in [0.15, 0.2) is 36.4 Å².